The van der Waals surface area contributed by atoms with E-state index in [0.717, 1.165) is 24.2 Å². The quantitative estimate of drug-likeness (QED) is 0.460. The molecule has 0 fully saturated rings. The van der Waals surface area contributed by atoms with Gasteiger partial charge in [0.05, 0.1) is 10.3 Å². The number of rotatable bonds is 7. The van der Waals surface area contributed by atoms with E-state index in [1.807, 2.05) is 24.3 Å². The van der Waals surface area contributed by atoms with Gasteiger partial charge in [-0.25, -0.2) is 22.4 Å². The van der Waals surface area contributed by atoms with Crippen molar-refractivity contribution < 1.29 is 8.42 Å². The summed E-state index contributed by atoms with van der Waals surface area (Å²) in [6.45, 7) is 5.78. The highest BCUT2D eigenvalue weighted by Gasteiger charge is 2.24. The predicted molar refractivity (Wildman–Crippen MR) is 123 cm³/mol. The number of hydrogen-bond donors (Lipinski definition) is 2. The van der Waals surface area contributed by atoms with Crippen molar-refractivity contribution in [1.82, 2.24) is 19.3 Å². The summed E-state index contributed by atoms with van der Waals surface area (Å²) in [7, 11) is -3.84. The average Bonchev–Trinajstić information content (AvgIpc) is 3.16. The van der Waals surface area contributed by atoms with Crippen LogP contribution >= 0.6 is 0 Å². The molecule has 0 bridgehead atoms. The maximum absolute atomic E-state index is 13.3. The van der Waals surface area contributed by atoms with Gasteiger partial charge in [-0.05, 0) is 29.2 Å². The molecule has 0 spiro atoms. The second-order valence-corrected chi connectivity index (χ2v) is 9.44. The number of nitrogens with one attached hydrogen (secondary N) is 1. The monoisotopic (exact) mass is 434 g/mol. The minimum Gasteiger partial charge on any atom is -0.383 e. The molecule has 0 aliphatic rings. The molecule has 7 nitrogen and oxygen atoms in total. The van der Waals surface area contributed by atoms with Crippen LogP contribution in [0.4, 0.5) is 5.82 Å². The van der Waals surface area contributed by atoms with E-state index in [2.05, 4.69) is 29.1 Å². The SMILES string of the molecule is C[C](C)CNCc1ccc(-c2cn(S(=O)(=O)c3ccccc3)c3ncnc(N)c23)cc1. The van der Waals surface area contributed by atoms with Crippen LogP contribution < -0.4 is 11.1 Å². The first-order valence-electron chi connectivity index (χ1n) is 9.89. The molecule has 31 heavy (non-hydrogen) atoms. The third kappa shape index (κ3) is 4.17. The van der Waals surface area contributed by atoms with Gasteiger partial charge >= 0.3 is 0 Å². The van der Waals surface area contributed by atoms with E-state index in [4.69, 9.17) is 5.73 Å². The average molecular weight is 435 g/mol. The molecule has 8 heteroatoms. The van der Waals surface area contributed by atoms with Crippen molar-refractivity contribution in [3.63, 3.8) is 0 Å². The lowest BCUT2D eigenvalue weighted by Gasteiger charge is -2.08. The van der Waals surface area contributed by atoms with Gasteiger partial charge in [0, 0.05) is 24.8 Å². The van der Waals surface area contributed by atoms with E-state index in [1.165, 1.54) is 16.2 Å². The van der Waals surface area contributed by atoms with Crippen LogP contribution in [0.2, 0.25) is 0 Å². The van der Waals surface area contributed by atoms with Crippen LogP contribution in [-0.4, -0.2) is 28.9 Å². The zero-order chi connectivity index (χ0) is 22.0. The molecular weight excluding hydrogens is 410 g/mol. The van der Waals surface area contributed by atoms with Gasteiger partial charge in [-0.1, -0.05) is 56.3 Å². The highest BCUT2D eigenvalue weighted by Crippen LogP contribution is 2.34. The van der Waals surface area contributed by atoms with Gasteiger partial charge in [0.2, 0.25) is 0 Å². The van der Waals surface area contributed by atoms with E-state index in [9.17, 15) is 8.42 Å². The first-order chi connectivity index (χ1) is 14.9. The Morgan fingerprint density at radius 2 is 1.74 bits per heavy atom. The lowest BCUT2D eigenvalue weighted by Crippen LogP contribution is -2.17. The lowest BCUT2D eigenvalue weighted by atomic mass is 10.0. The molecule has 0 atom stereocenters. The second-order valence-electron chi connectivity index (χ2n) is 7.62. The number of benzene rings is 2. The van der Waals surface area contributed by atoms with Crippen molar-refractivity contribution in [2.75, 3.05) is 12.3 Å². The fourth-order valence-electron chi connectivity index (χ4n) is 3.42. The second kappa shape index (κ2) is 8.49. The summed E-state index contributed by atoms with van der Waals surface area (Å²) in [5.74, 6) is 1.56. The molecule has 1 radical (unpaired) electrons. The molecule has 4 rings (SSSR count). The van der Waals surface area contributed by atoms with Gasteiger partial charge in [-0.2, -0.15) is 0 Å². The summed E-state index contributed by atoms with van der Waals surface area (Å²) in [5, 5.41) is 3.90. The van der Waals surface area contributed by atoms with Gasteiger partial charge in [-0.3, -0.25) is 0 Å². The van der Waals surface area contributed by atoms with Gasteiger partial charge in [0.1, 0.15) is 12.1 Å². The van der Waals surface area contributed by atoms with Crippen molar-refractivity contribution in [1.29, 1.82) is 0 Å². The van der Waals surface area contributed by atoms with E-state index in [-0.39, 0.29) is 16.4 Å². The molecule has 4 aromatic rings. The summed E-state index contributed by atoms with van der Waals surface area (Å²) in [6.07, 6.45) is 2.85. The van der Waals surface area contributed by atoms with Crippen molar-refractivity contribution in [2.24, 2.45) is 0 Å². The largest absolute Gasteiger partial charge is 0.383 e. The van der Waals surface area contributed by atoms with Crippen molar-refractivity contribution in [3.05, 3.63) is 78.6 Å². The molecule has 0 saturated heterocycles. The Hall–Kier alpha value is -3.23. The third-order valence-corrected chi connectivity index (χ3v) is 6.62. The Morgan fingerprint density at radius 1 is 1.03 bits per heavy atom. The molecule has 2 aromatic carbocycles. The summed E-state index contributed by atoms with van der Waals surface area (Å²) < 4.78 is 27.7. The normalized spacial score (nSPS) is 12.0. The summed E-state index contributed by atoms with van der Waals surface area (Å²) in [5.41, 5.74) is 9.05. The molecule has 159 valence electrons. The van der Waals surface area contributed by atoms with Gasteiger partial charge < -0.3 is 11.1 Å². The molecule has 0 amide bonds. The number of anilines is 1. The molecule has 0 aliphatic carbocycles. The van der Waals surface area contributed by atoms with Crippen molar-refractivity contribution in [2.45, 2.75) is 25.3 Å². The summed E-state index contributed by atoms with van der Waals surface area (Å²) in [6, 6.07) is 16.2. The van der Waals surface area contributed by atoms with Crippen LogP contribution in [0, 0.1) is 5.92 Å². The minimum atomic E-state index is -3.84. The molecule has 0 unspecified atom stereocenters. The van der Waals surface area contributed by atoms with E-state index in [1.54, 1.807) is 36.5 Å². The highest BCUT2D eigenvalue weighted by molar-refractivity contribution is 7.90. The topological polar surface area (TPSA) is 103 Å². The highest BCUT2D eigenvalue weighted by atomic mass is 32.2. The zero-order valence-electron chi connectivity index (χ0n) is 17.4. The Morgan fingerprint density at radius 3 is 2.42 bits per heavy atom. The Balaban J connectivity index is 1.78. The fraction of sp³-hybridized carbons (Fsp3) is 0.174. The maximum Gasteiger partial charge on any atom is 0.269 e. The summed E-state index contributed by atoms with van der Waals surface area (Å²) >= 11 is 0. The van der Waals surface area contributed by atoms with Gasteiger partial charge in [-0.15, -0.1) is 0 Å². The smallest absolute Gasteiger partial charge is 0.269 e. The number of fused-ring (bicyclic) bond motifs is 1. The first-order valence-corrected chi connectivity index (χ1v) is 11.3. The zero-order valence-corrected chi connectivity index (χ0v) is 18.2. The maximum atomic E-state index is 13.3. The van der Waals surface area contributed by atoms with Crippen LogP contribution in [0.25, 0.3) is 22.2 Å². The molecule has 2 heterocycles. The summed E-state index contributed by atoms with van der Waals surface area (Å²) in [4.78, 5) is 8.50. The molecule has 3 N–H and O–H groups in total. The number of hydrogen-bond acceptors (Lipinski definition) is 6. The first kappa shape index (κ1) is 21.0. The van der Waals surface area contributed by atoms with E-state index in [0.29, 0.717) is 10.9 Å². The number of nitrogens with zero attached hydrogens (tertiary/aromatic N) is 3. The number of nitrogens with two attached hydrogens (primary N) is 1. The molecule has 0 aliphatic heterocycles. The number of nitrogen functional groups attached to an aromatic ring is 1. The molecular formula is C23H24N5O2S. The number of aromatic nitrogens is 3. The van der Waals surface area contributed by atoms with Crippen LogP contribution in [0.1, 0.15) is 19.4 Å². The minimum absolute atomic E-state index is 0.181. The van der Waals surface area contributed by atoms with Crippen LogP contribution in [0.3, 0.4) is 0 Å². The Labute approximate surface area is 182 Å². The Kier molecular flexibility index (Phi) is 5.75. The van der Waals surface area contributed by atoms with Crippen LogP contribution in [0.15, 0.2) is 72.0 Å². The Bertz CT molecular complexity index is 1300. The third-order valence-electron chi connectivity index (χ3n) is 4.95. The molecule has 0 saturated carbocycles. The molecule has 2 aromatic heterocycles. The van der Waals surface area contributed by atoms with Crippen LogP contribution in [0.5, 0.6) is 0 Å². The van der Waals surface area contributed by atoms with Gasteiger partial charge in [0.25, 0.3) is 10.0 Å². The predicted octanol–water partition coefficient (Wildman–Crippen LogP) is 3.62. The lowest BCUT2D eigenvalue weighted by molar-refractivity contribution is 0.589. The van der Waals surface area contributed by atoms with Gasteiger partial charge in [0.15, 0.2) is 5.65 Å². The fourth-order valence-corrected chi connectivity index (χ4v) is 4.76. The van der Waals surface area contributed by atoms with Crippen molar-refractivity contribution in [3.8, 4) is 11.1 Å². The standard InChI is InChI=1S/C23H24N5O2S/c1-16(2)12-25-13-17-8-10-18(11-9-17)20-14-28(23-21(20)22(24)26-15-27-23)31(29,30)19-6-4-3-5-7-19/h3-11,14-15,25H,12-13H2,1-2H3,(H2,24,26,27). The van der Waals surface area contributed by atoms with E-state index < -0.39 is 10.0 Å². The van der Waals surface area contributed by atoms with Crippen LogP contribution in [-0.2, 0) is 16.6 Å². The van der Waals surface area contributed by atoms with Crippen molar-refractivity contribution >= 4 is 26.9 Å². The van der Waals surface area contributed by atoms with E-state index >= 15 is 0 Å².